The maximum absolute atomic E-state index is 5.84. The molecule has 92 valence electrons. The van der Waals surface area contributed by atoms with Crippen LogP contribution in [-0.2, 0) is 5.41 Å². The van der Waals surface area contributed by atoms with Gasteiger partial charge in [-0.1, -0.05) is 32.0 Å². The first-order valence-electron chi connectivity index (χ1n) is 6.72. The summed E-state index contributed by atoms with van der Waals surface area (Å²) in [5.74, 6) is 2.55. The highest BCUT2D eigenvalue weighted by molar-refractivity contribution is 5.47. The van der Waals surface area contributed by atoms with Crippen LogP contribution in [-0.4, -0.2) is 19.7 Å². The Morgan fingerprint density at radius 3 is 3.06 bits per heavy atom. The lowest BCUT2D eigenvalue weighted by molar-refractivity contribution is 0.187. The molecule has 0 amide bonds. The standard InChI is InChI=1S/C15H21NO/c1-3-16-9-12-8-15(12)11(2)10-17-14-7-5-4-6-13(14)15/h4-7,11-12,16H,3,8-10H2,1-2H3. The monoisotopic (exact) mass is 231 g/mol. The number of para-hydroxylation sites is 1. The molecule has 1 saturated carbocycles. The summed E-state index contributed by atoms with van der Waals surface area (Å²) in [5.41, 5.74) is 1.85. The lowest BCUT2D eigenvalue weighted by Gasteiger charge is -2.33. The predicted octanol–water partition coefficient (Wildman–Crippen LogP) is 2.58. The molecule has 17 heavy (non-hydrogen) atoms. The molecule has 3 rings (SSSR count). The molecule has 1 N–H and O–H groups in total. The van der Waals surface area contributed by atoms with Crippen molar-refractivity contribution in [2.75, 3.05) is 19.7 Å². The topological polar surface area (TPSA) is 21.3 Å². The van der Waals surface area contributed by atoms with Crippen molar-refractivity contribution in [1.29, 1.82) is 0 Å². The van der Waals surface area contributed by atoms with Crippen molar-refractivity contribution < 1.29 is 4.74 Å². The first-order chi connectivity index (χ1) is 8.29. The van der Waals surface area contributed by atoms with Crippen LogP contribution >= 0.6 is 0 Å². The summed E-state index contributed by atoms with van der Waals surface area (Å²) < 4.78 is 5.84. The van der Waals surface area contributed by atoms with Crippen molar-refractivity contribution in [3.8, 4) is 5.75 Å². The van der Waals surface area contributed by atoms with Gasteiger partial charge < -0.3 is 10.1 Å². The first kappa shape index (κ1) is 11.1. The van der Waals surface area contributed by atoms with E-state index in [0.717, 1.165) is 31.4 Å². The third-order valence-corrected chi connectivity index (χ3v) is 4.55. The molecule has 1 heterocycles. The molecule has 0 saturated heterocycles. The minimum atomic E-state index is 0.400. The fourth-order valence-corrected chi connectivity index (χ4v) is 3.46. The van der Waals surface area contributed by atoms with E-state index in [-0.39, 0.29) is 0 Å². The Morgan fingerprint density at radius 1 is 1.41 bits per heavy atom. The van der Waals surface area contributed by atoms with E-state index in [1.807, 2.05) is 0 Å². The van der Waals surface area contributed by atoms with Gasteiger partial charge in [0.05, 0.1) is 6.61 Å². The minimum absolute atomic E-state index is 0.400. The lowest BCUT2D eigenvalue weighted by Crippen LogP contribution is -2.33. The summed E-state index contributed by atoms with van der Waals surface area (Å²) in [6, 6.07) is 8.59. The molecule has 3 unspecified atom stereocenters. The molecule has 0 radical (unpaired) electrons. The normalized spacial score (nSPS) is 34.2. The highest BCUT2D eigenvalue weighted by atomic mass is 16.5. The number of nitrogens with one attached hydrogen (secondary N) is 1. The third-order valence-electron chi connectivity index (χ3n) is 4.55. The first-order valence-corrected chi connectivity index (χ1v) is 6.72. The molecule has 3 atom stereocenters. The van der Waals surface area contributed by atoms with Crippen LogP contribution in [0.3, 0.4) is 0 Å². The van der Waals surface area contributed by atoms with Gasteiger partial charge in [-0.2, -0.15) is 0 Å². The molecule has 0 aromatic heterocycles. The number of hydrogen-bond acceptors (Lipinski definition) is 2. The van der Waals surface area contributed by atoms with Crippen LogP contribution in [0, 0.1) is 11.8 Å². The van der Waals surface area contributed by atoms with E-state index in [1.165, 1.54) is 12.0 Å². The van der Waals surface area contributed by atoms with Gasteiger partial charge in [0.15, 0.2) is 0 Å². The summed E-state index contributed by atoms with van der Waals surface area (Å²) in [7, 11) is 0. The van der Waals surface area contributed by atoms with Crippen LogP contribution in [0.15, 0.2) is 24.3 Å². The Morgan fingerprint density at radius 2 is 2.24 bits per heavy atom. The van der Waals surface area contributed by atoms with Gasteiger partial charge in [0.1, 0.15) is 5.75 Å². The Labute approximate surface area is 103 Å². The summed E-state index contributed by atoms with van der Waals surface area (Å²) in [5, 5.41) is 3.49. The summed E-state index contributed by atoms with van der Waals surface area (Å²) in [6.07, 6.45) is 1.32. The van der Waals surface area contributed by atoms with E-state index in [0.29, 0.717) is 11.3 Å². The van der Waals surface area contributed by atoms with Crippen LogP contribution in [0.5, 0.6) is 5.75 Å². The molecule has 2 nitrogen and oxygen atoms in total. The Hall–Kier alpha value is -1.02. The Kier molecular flexibility index (Phi) is 2.62. The average Bonchev–Trinajstić information content (AvgIpc) is 3.08. The van der Waals surface area contributed by atoms with Crippen molar-refractivity contribution in [3.63, 3.8) is 0 Å². The second kappa shape index (κ2) is 4.02. The van der Waals surface area contributed by atoms with Gasteiger partial charge in [-0.05, 0) is 31.5 Å². The molecule has 2 aliphatic rings. The lowest BCUT2D eigenvalue weighted by atomic mass is 9.80. The molecule has 1 spiro atoms. The molecule has 1 aromatic carbocycles. The van der Waals surface area contributed by atoms with Crippen molar-refractivity contribution in [3.05, 3.63) is 29.8 Å². The van der Waals surface area contributed by atoms with Crippen molar-refractivity contribution in [2.45, 2.75) is 25.7 Å². The number of rotatable bonds is 3. The zero-order chi connectivity index (χ0) is 11.9. The summed E-state index contributed by atoms with van der Waals surface area (Å²) >= 11 is 0. The molecular formula is C15H21NO. The van der Waals surface area contributed by atoms with E-state index in [4.69, 9.17) is 4.74 Å². The maximum Gasteiger partial charge on any atom is 0.123 e. The fourth-order valence-electron chi connectivity index (χ4n) is 3.46. The highest BCUT2D eigenvalue weighted by Crippen LogP contribution is 2.62. The molecule has 1 aromatic rings. The van der Waals surface area contributed by atoms with Gasteiger partial charge in [0.25, 0.3) is 0 Å². The average molecular weight is 231 g/mol. The van der Waals surface area contributed by atoms with E-state index in [1.54, 1.807) is 0 Å². The highest BCUT2D eigenvalue weighted by Gasteiger charge is 2.60. The van der Waals surface area contributed by atoms with E-state index in [2.05, 4.69) is 43.4 Å². The molecule has 2 heteroatoms. The van der Waals surface area contributed by atoms with Gasteiger partial charge in [0, 0.05) is 16.9 Å². The molecule has 1 fully saturated rings. The van der Waals surface area contributed by atoms with Crippen LogP contribution in [0.25, 0.3) is 0 Å². The van der Waals surface area contributed by atoms with E-state index >= 15 is 0 Å². The van der Waals surface area contributed by atoms with E-state index in [9.17, 15) is 0 Å². The van der Waals surface area contributed by atoms with Gasteiger partial charge in [-0.25, -0.2) is 0 Å². The van der Waals surface area contributed by atoms with Crippen molar-refractivity contribution in [2.24, 2.45) is 11.8 Å². The van der Waals surface area contributed by atoms with Crippen LogP contribution in [0.1, 0.15) is 25.8 Å². The smallest absolute Gasteiger partial charge is 0.123 e. The Bertz CT molecular complexity index is 417. The predicted molar refractivity (Wildman–Crippen MR) is 69.4 cm³/mol. The number of fused-ring (bicyclic) bond motifs is 2. The van der Waals surface area contributed by atoms with Gasteiger partial charge in [0.2, 0.25) is 0 Å². The van der Waals surface area contributed by atoms with Crippen LogP contribution in [0.2, 0.25) is 0 Å². The quantitative estimate of drug-likeness (QED) is 0.863. The molecule has 0 bridgehead atoms. The fraction of sp³-hybridized carbons (Fsp3) is 0.600. The van der Waals surface area contributed by atoms with Gasteiger partial charge in [-0.15, -0.1) is 0 Å². The Balaban J connectivity index is 1.90. The molecule has 1 aliphatic heterocycles. The van der Waals surface area contributed by atoms with Gasteiger partial charge >= 0.3 is 0 Å². The zero-order valence-corrected chi connectivity index (χ0v) is 10.7. The molecular weight excluding hydrogens is 210 g/mol. The number of ether oxygens (including phenoxy) is 1. The summed E-state index contributed by atoms with van der Waals surface area (Å²) in [6.45, 7) is 7.60. The second-order valence-electron chi connectivity index (χ2n) is 5.46. The largest absolute Gasteiger partial charge is 0.493 e. The zero-order valence-electron chi connectivity index (χ0n) is 10.7. The summed E-state index contributed by atoms with van der Waals surface area (Å²) in [4.78, 5) is 0. The molecule has 1 aliphatic carbocycles. The number of benzene rings is 1. The van der Waals surface area contributed by atoms with Crippen molar-refractivity contribution in [1.82, 2.24) is 5.32 Å². The number of hydrogen-bond donors (Lipinski definition) is 1. The van der Waals surface area contributed by atoms with Crippen molar-refractivity contribution >= 4 is 0 Å². The van der Waals surface area contributed by atoms with Crippen LogP contribution in [0.4, 0.5) is 0 Å². The SMILES string of the molecule is CCNCC1CC12c1ccccc1OCC2C. The van der Waals surface area contributed by atoms with E-state index < -0.39 is 0 Å². The maximum atomic E-state index is 5.84. The van der Waals surface area contributed by atoms with Gasteiger partial charge in [-0.3, -0.25) is 0 Å². The van der Waals surface area contributed by atoms with Crippen LogP contribution < -0.4 is 10.1 Å². The minimum Gasteiger partial charge on any atom is -0.493 e. The second-order valence-corrected chi connectivity index (χ2v) is 5.46. The third kappa shape index (κ3) is 1.58.